The number of ether oxygens (including phenoxy) is 1. The fourth-order valence-corrected chi connectivity index (χ4v) is 2.40. The smallest absolute Gasteiger partial charge is 0.261 e. The lowest BCUT2D eigenvalue weighted by molar-refractivity contribution is 0.102. The van der Waals surface area contributed by atoms with Crippen LogP contribution in [0.5, 0.6) is 5.75 Å². The molecule has 0 bridgehead atoms. The van der Waals surface area contributed by atoms with Gasteiger partial charge in [0.2, 0.25) is 0 Å². The van der Waals surface area contributed by atoms with Crippen LogP contribution in [0.3, 0.4) is 0 Å². The molecule has 2 aromatic rings. The van der Waals surface area contributed by atoms with Gasteiger partial charge in [-0.1, -0.05) is 0 Å². The zero-order valence-electron chi connectivity index (χ0n) is 10.9. The molecule has 0 aliphatic heterocycles. The number of hydrogen-bond acceptors (Lipinski definition) is 5. The van der Waals surface area contributed by atoms with E-state index in [1.54, 1.807) is 0 Å². The number of carbonyl (C=O) groups is 1. The minimum absolute atomic E-state index is 0.0383. The topological polar surface area (TPSA) is 85.4 Å². The van der Waals surface area contributed by atoms with Gasteiger partial charge < -0.3 is 10.1 Å². The van der Waals surface area contributed by atoms with E-state index >= 15 is 0 Å². The number of methoxy groups -OCH3 is 1. The zero-order valence-corrected chi connectivity index (χ0v) is 12.5. The summed E-state index contributed by atoms with van der Waals surface area (Å²) in [5.74, 6) is -0.0503. The average molecular weight is 327 g/mol. The van der Waals surface area contributed by atoms with E-state index in [1.165, 1.54) is 49.8 Å². The summed E-state index contributed by atoms with van der Waals surface area (Å²) in [7, 11) is 2.87. The van der Waals surface area contributed by atoms with Crippen molar-refractivity contribution in [1.29, 1.82) is 0 Å². The van der Waals surface area contributed by atoms with Gasteiger partial charge in [-0.05, 0) is 30.3 Å². The van der Waals surface area contributed by atoms with Crippen molar-refractivity contribution in [2.24, 2.45) is 0 Å². The van der Waals surface area contributed by atoms with Crippen molar-refractivity contribution in [2.45, 2.75) is 4.90 Å². The van der Waals surface area contributed by atoms with Gasteiger partial charge in [-0.2, -0.15) is 0 Å². The van der Waals surface area contributed by atoms with Gasteiger partial charge in [0.15, 0.2) is 0 Å². The summed E-state index contributed by atoms with van der Waals surface area (Å²) in [6, 6.07) is 7.02. The third kappa shape index (κ3) is 3.71. The predicted molar refractivity (Wildman–Crippen MR) is 78.2 cm³/mol. The number of amides is 1. The second kappa shape index (κ2) is 6.11. The molecule has 0 saturated carbocycles. The van der Waals surface area contributed by atoms with Crippen LogP contribution in [0.25, 0.3) is 0 Å². The molecule has 0 saturated heterocycles. The van der Waals surface area contributed by atoms with Crippen LogP contribution in [0.4, 0.5) is 5.69 Å². The van der Waals surface area contributed by atoms with Gasteiger partial charge in [-0.3, -0.25) is 9.78 Å². The van der Waals surface area contributed by atoms with Gasteiger partial charge >= 0.3 is 0 Å². The lowest BCUT2D eigenvalue weighted by atomic mass is 10.2. The van der Waals surface area contributed by atoms with Crippen LogP contribution in [-0.2, 0) is 9.05 Å². The molecule has 1 amide bonds. The number of anilines is 1. The first-order valence-electron chi connectivity index (χ1n) is 5.76. The van der Waals surface area contributed by atoms with Crippen LogP contribution < -0.4 is 10.1 Å². The summed E-state index contributed by atoms with van der Waals surface area (Å²) >= 11 is 0. The fraction of sp³-hybridized carbons (Fsp3) is 0.0769. The Hall–Kier alpha value is -2.12. The van der Waals surface area contributed by atoms with Crippen molar-refractivity contribution in [1.82, 2.24) is 4.98 Å². The molecule has 0 radical (unpaired) electrons. The van der Waals surface area contributed by atoms with E-state index in [0.29, 0.717) is 17.0 Å². The minimum atomic E-state index is -3.78. The standard InChI is InChI=1S/C13H11ClN2O4S/c1-20-12-8-15-7-6-11(12)13(17)16-9-2-4-10(5-3-9)21(14,18)19/h2-8H,1H3,(H,16,17). The van der Waals surface area contributed by atoms with Crippen molar-refractivity contribution in [3.8, 4) is 5.75 Å². The van der Waals surface area contributed by atoms with Gasteiger partial charge in [-0.25, -0.2) is 8.42 Å². The molecule has 0 fully saturated rings. The number of rotatable bonds is 4. The lowest BCUT2D eigenvalue weighted by Crippen LogP contribution is -2.13. The van der Waals surface area contributed by atoms with Crippen LogP contribution in [0, 0.1) is 0 Å². The van der Waals surface area contributed by atoms with E-state index in [4.69, 9.17) is 15.4 Å². The highest BCUT2D eigenvalue weighted by Crippen LogP contribution is 2.20. The number of benzene rings is 1. The molecule has 2 rings (SSSR count). The Bertz CT molecular complexity index is 760. The molecule has 1 heterocycles. The highest BCUT2D eigenvalue weighted by Gasteiger charge is 2.13. The Labute approximate surface area is 126 Å². The minimum Gasteiger partial charge on any atom is -0.494 e. The van der Waals surface area contributed by atoms with E-state index < -0.39 is 15.0 Å². The largest absolute Gasteiger partial charge is 0.494 e. The summed E-state index contributed by atoms with van der Waals surface area (Å²) in [6.45, 7) is 0. The molecule has 1 aromatic heterocycles. The first-order valence-corrected chi connectivity index (χ1v) is 8.07. The monoisotopic (exact) mass is 326 g/mol. The number of aromatic nitrogens is 1. The molecule has 21 heavy (non-hydrogen) atoms. The average Bonchev–Trinajstić information content (AvgIpc) is 2.46. The van der Waals surface area contributed by atoms with Crippen LogP contribution in [0.1, 0.15) is 10.4 Å². The number of nitrogens with zero attached hydrogens (tertiary/aromatic N) is 1. The maximum absolute atomic E-state index is 12.1. The molecule has 0 atom stereocenters. The number of hydrogen-bond donors (Lipinski definition) is 1. The Kier molecular flexibility index (Phi) is 4.44. The van der Waals surface area contributed by atoms with Gasteiger partial charge in [0.05, 0.1) is 23.8 Å². The summed E-state index contributed by atoms with van der Waals surface area (Å²) in [4.78, 5) is 15.9. The Morgan fingerprint density at radius 2 is 1.90 bits per heavy atom. The number of halogens is 1. The summed E-state index contributed by atoms with van der Waals surface area (Å²) < 4.78 is 27.3. The normalized spacial score (nSPS) is 11.0. The van der Waals surface area contributed by atoms with Gasteiger partial charge in [-0.15, -0.1) is 0 Å². The highest BCUT2D eigenvalue weighted by molar-refractivity contribution is 8.13. The fourth-order valence-electron chi connectivity index (χ4n) is 1.63. The zero-order chi connectivity index (χ0) is 15.5. The summed E-state index contributed by atoms with van der Waals surface area (Å²) in [6.07, 6.45) is 2.90. The van der Waals surface area contributed by atoms with E-state index in [9.17, 15) is 13.2 Å². The van der Waals surface area contributed by atoms with Crippen LogP contribution >= 0.6 is 10.7 Å². The molecule has 8 heteroatoms. The van der Waals surface area contributed by atoms with Crippen molar-refractivity contribution in [3.05, 3.63) is 48.3 Å². The third-order valence-electron chi connectivity index (χ3n) is 2.64. The van der Waals surface area contributed by atoms with Crippen molar-refractivity contribution in [3.63, 3.8) is 0 Å². The second-order valence-electron chi connectivity index (χ2n) is 3.99. The van der Waals surface area contributed by atoms with Gasteiger partial charge in [0, 0.05) is 22.6 Å². The van der Waals surface area contributed by atoms with Crippen molar-refractivity contribution >= 4 is 31.3 Å². The quantitative estimate of drug-likeness (QED) is 0.871. The van der Waals surface area contributed by atoms with E-state index in [2.05, 4.69) is 10.3 Å². The molecule has 110 valence electrons. The van der Waals surface area contributed by atoms with Crippen LogP contribution in [0.2, 0.25) is 0 Å². The van der Waals surface area contributed by atoms with Crippen molar-refractivity contribution < 1.29 is 17.9 Å². The maximum atomic E-state index is 12.1. The first-order chi connectivity index (χ1) is 9.91. The SMILES string of the molecule is COc1cnccc1C(=O)Nc1ccc(S(=O)(=O)Cl)cc1. The first kappa shape index (κ1) is 15.3. The van der Waals surface area contributed by atoms with E-state index in [0.717, 1.165) is 0 Å². The van der Waals surface area contributed by atoms with Gasteiger partial charge in [0.25, 0.3) is 15.0 Å². The summed E-state index contributed by atoms with van der Waals surface area (Å²) in [5, 5.41) is 2.63. The number of nitrogens with one attached hydrogen (secondary N) is 1. The molecular weight excluding hydrogens is 316 g/mol. The third-order valence-corrected chi connectivity index (χ3v) is 4.01. The Balaban J connectivity index is 2.20. The molecule has 0 unspecified atom stereocenters. The molecule has 6 nitrogen and oxygen atoms in total. The maximum Gasteiger partial charge on any atom is 0.261 e. The van der Waals surface area contributed by atoms with Crippen LogP contribution in [-0.4, -0.2) is 26.4 Å². The van der Waals surface area contributed by atoms with E-state index in [-0.39, 0.29) is 4.90 Å². The summed E-state index contributed by atoms with van der Waals surface area (Å²) in [5.41, 5.74) is 0.754. The molecule has 0 aliphatic carbocycles. The Morgan fingerprint density at radius 3 is 2.48 bits per heavy atom. The van der Waals surface area contributed by atoms with Crippen LogP contribution in [0.15, 0.2) is 47.6 Å². The Morgan fingerprint density at radius 1 is 1.24 bits per heavy atom. The van der Waals surface area contributed by atoms with Gasteiger partial charge in [0.1, 0.15) is 5.75 Å². The number of pyridine rings is 1. The molecule has 0 spiro atoms. The van der Waals surface area contributed by atoms with E-state index in [1.807, 2.05) is 0 Å². The molecule has 1 aromatic carbocycles. The lowest BCUT2D eigenvalue weighted by Gasteiger charge is -2.08. The predicted octanol–water partition coefficient (Wildman–Crippen LogP) is 2.27. The molecule has 1 N–H and O–H groups in total. The molecule has 0 aliphatic rings. The second-order valence-corrected chi connectivity index (χ2v) is 6.56. The molecular formula is C13H11ClN2O4S. The van der Waals surface area contributed by atoms with Crippen molar-refractivity contribution in [2.75, 3.05) is 12.4 Å². The highest BCUT2D eigenvalue weighted by atomic mass is 35.7. The number of carbonyl (C=O) groups excluding carboxylic acids is 1.